The smallest absolute Gasteiger partial charge is 0.180 e. The molecule has 2 aromatic rings. The first-order chi connectivity index (χ1) is 9.60. The average Bonchev–Trinajstić information content (AvgIpc) is 2.78. The van der Waals surface area contributed by atoms with Crippen molar-refractivity contribution in [2.75, 3.05) is 32.9 Å². The van der Waals surface area contributed by atoms with Crippen molar-refractivity contribution in [1.29, 1.82) is 0 Å². The maximum atomic E-state index is 13.0. The van der Waals surface area contributed by atoms with E-state index in [1.54, 1.807) is 12.1 Å². The average molecular weight is 294 g/mol. The van der Waals surface area contributed by atoms with E-state index in [9.17, 15) is 4.39 Å². The highest BCUT2D eigenvalue weighted by atomic mass is 32.1. The van der Waals surface area contributed by atoms with Gasteiger partial charge in [-0.25, -0.2) is 9.37 Å². The highest BCUT2D eigenvalue weighted by Crippen LogP contribution is 2.30. The molecule has 3 N–H and O–H groups in total. The van der Waals surface area contributed by atoms with Gasteiger partial charge >= 0.3 is 0 Å². The minimum atomic E-state index is -0.246. The van der Waals surface area contributed by atoms with Crippen LogP contribution in [0.2, 0.25) is 0 Å². The Labute approximate surface area is 122 Å². The molecule has 0 radical (unpaired) electrons. The summed E-state index contributed by atoms with van der Waals surface area (Å²) in [6.45, 7) is 2.65. The molecule has 0 saturated heterocycles. The number of nitrogens with zero attached hydrogens (tertiary/aromatic N) is 2. The van der Waals surface area contributed by atoms with Gasteiger partial charge in [-0.15, -0.1) is 11.3 Å². The van der Waals surface area contributed by atoms with Gasteiger partial charge in [0.1, 0.15) is 5.82 Å². The largest absolute Gasteiger partial charge is 0.375 e. The number of aromatic nitrogens is 1. The first kappa shape index (κ1) is 14.9. The number of likely N-dealkylation sites (N-methyl/N-ethyl adjacent to an activating group) is 2. The molecular weight excluding hydrogens is 275 g/mol. The molecular formula is C14H19FN4S. The van der Waals surface area contributed by atoms with Crippen molar-refractivity contribution in [3.8, 4) is 11.3 Å². The van der Waals surface area contributed by atoms with Crippen LogP contribution in [-0.2, 0) is 6.54 Å². The number of hydrogen-bond donors (Lipinski definition) is 2. The summed E-state index contributed by atoms with van der Waals surface area (Å²) < 4.78 is 13.0. The maximum Gasteiger partial charge on any atom is 0.180 e. The van der Waals surface area contributed by atoms with E-state index in [0.29, 0.717) is 5.13 Å². The lowest BCUT2D eigenvalue weighted by Crippen LogP contribution is -2.26. The van der Waals surface area contributed by atoms with Gasteiger partial charge < -0.3 is 11.1 Å². The molecule has 108 valence electrons. The number of nitrogen functional groups attached to an aromatic ring is 1. The van der Waals surface area contributed by atoms with E-state index in [4.69, 9.17) is 5.73 Å². The van der Waals surface area contributed by atoms with Gasteiger partial charge in [0.05, 0.1) is 5.69 Å². The van der Waals surface area contributed by atoms with Gasteiger partial charge in [-0.1, -0.05) is 0 Å². The van der Waals surface area contributed by atoms with Crippen molar-refractivity contribution in [1.82, 2.24) is 15.2 Å². The Bertz CT molecular complexity index is 553. The van der Waals surface area contributed by atoms with Crippen LogP contribution in [0.15, 0.2) is 24.3 Å². The lowest BCUT2D eigenvalue weighted by molar-refractivity contribution is 0.331. The fraction of sp³-hybridized carbons (Fsp3) is 0.357. The number of halogens is 1. The van der Waals surface area contributed by atoms with E-state index in [1.165, 1.54) is 23.5 Å². The molecule has 1 aromatic carbocycles. The van der Waals surface area contributed by atoms with Crippen LogP contribution in [0.5, 0.6) is 0 Å². The van der Waals surface area contributed by atoms with Crippen molar-refractivity contribution in [3.63, 3.8) is 0 Å². The summed E-state index contributed by atoms with van der Waals surface area (Å²) >= 11 is 1.49. The van der Waals surface area contributed by atoms with Gasteiger partial charge in [0.15, 0.2) is 5.13 Å². The normalized spacial score (nSPS) is 11.2. The predicted octanol–water partition coefficient (Wildman–Crippen LogP) is 2.18. The molecule has 0 aliphatic carbocycles. The monoisotopic (exact) mass is 294 g/mol. The van der Waals surface area contributed by atoms with Gasteiger partial charge in [0.25, 0.3) is 0 Å². The first-order valence-corrected chi connectivity index (χ1v) is 7.26. The van der Waals surface area contributed by atoms with Crippen molar-refractivity contribution < 1.29 is 4.39 Å². The zero-order valence-corrected chi connectivity index (χ0v) is 12.5. The lowest BCUT2D eigenvalue weighted by Gasteiger charge is -2.15. The Morgan fingerprint density at radius 3 is 2.70 bits per heavy atom. The van der Waals surface area contributed by atoms with Crippen LogP contribution in [-0.4, -0.2) is 37.1 Å². The highest BCUT2D eigenvalue weighted by Gasteiger charge is 2.13. The molecule has 0 bridgehead atoms. The van der Waals surface area contributed by atoms with E-state index in [2.05, 4.69) is 22.2 Å². The Morgan fingerprint density at radius 1 is 1.35 bits per heavy atom. The molecule has 20 heavy (non-hydrogen) atoms. The van der Waals surface area contributed by atoms with Gasteiger partial charge in [0, 0.05) is 30.1 Å². The van der Waals surface area contributed by atoms with Crippen LogP contribution in [0.1, 0.15) is 4.88 Å². The quantitative estimate of drug-likeness (QED) is 0.857. The summed E-state index contributed by atoms with van der Waals surface area (Å²) in [5, 5.41) is 3.66. The number of hydrogen-bond acceptors (Lipinski definition) is 5. The standard InChI is InChI=1S/C14H19FN4S/c1-17-7-8-19(2)9-12-13(18-14(16)20-12)10-3-5-11(15)6-4-10/h3-6,17H,7-9H2,1-2H3,(H2,16,18). The molecule has 0 atom stereocenters. The molecule has 0 spiro atoms. The van der Waals surface area contributed by atoms with Crippen LogP contribution in [0, 0.1) is 5.82 Å². The number of anilines is 1. The van der Waals surface area contributed by atoms with E-state index in [0.717, 1.165) is 35.8 Å². The zero-order valence-electron chi connectivity index (χ0n) is 11.7. The molecule has 4 nitrogen and oxygen atoms in total. The van der Waals surface area contributed by atoms with Gasteiger partial charge in [-0.05, 0) is 38.4 Å². The second-order valence-corrected chi connectivity index (χ2v) is 5.79. The Hall–Kier alpha value is -1.50. The van der Waals surface area contributed by atoms with E-state index < -0.39 is 0 Å². The molecule has 6 heteroatoms. The third-order valence-corrected chi connectivity index (χ3v) is 3.86. The topological polar surface area (TPSA) is 54.2 Å². The minimum absolute atomic E-state index is 0.246. The third-order valence-electron chi connectivity index (χ3n) is 2.99. The predicted molar refractivity (Wildman–Crippen MR) is 82.2 cm³/mol. The number of nitrogens with one attached hydrogen (secondary N) is 1. The van der Waals surface area contributed by atoms with Gasteiger partial charge in [-0.2, -0.15) is 0 Å². The van der Waals surface area contributed by atoms with E-state index in [1.807, 2.05) is 7.05 Å². The Kier molecular flexibility index (Phi) is 5.05. The maximum absolute atomic E-state index is 13.0. The van der Waals surface area contributed by atoms with E-state index in [-0.39, 0.29) is 5.82 Å². The molecule has 0 aliphatic heterocycles. The van der Waals surface area contributed by atoms with Crippen molar-refractivity contribution in [2.24, 2.45) is 0 Å². The number of thiazole rings is 1. The molecule has 1 aromatic heterocycles. The fourth-order valence-electron chi connectivity index (χ4n) is 1.94. The number of nitrogens with two attached hydrogens (primary N) is 1. The van der Waals surface area contributed by atoms with Crippen LogP contribution in [0.4, 0.5) is 9.52 Å². The SMILES string of the molecule is CNCCN(C)Cc1sc(N)nc1-c1ccc(F)cc1. The van der Waals surface area contributed by atoms with Gasteiger partial charge in [0.2, 0.25) is 0 Å². The summed E-state index contributed by atoms with van der Waals surface area (Å²) in [6, 6.07) is 6.36. The second-order valence-electron chi connectivity index (χ2n) is 4.67. The Morgan fingerprint density at radius 2 is 2.05 bits per heavy atom. The molecule has 0 aliphatic rings. The highest BCUT2D eigenvalue weighted by molar-refractivity contribution is 7.15. The van der Waals surface area contributed by atoms with Crippen molar-refractivity contribution >= 4 is 16.5 Å². The fourth-order valence-corrected chi connectivity index (χ4v) is 2.87. The van der Waals surface area contributed by atoms with Crippen molar-refractivity contribution in [2.45, 2.75) is 6.54 Å². The van der Waals surface area contributed by atoms with E-state index >= 15 is 0 Å². The number of benzene rings is 1. The molecule has 0 fully saturated rings. The summed E-state index contributed by atoms with van der Waals surface area (Å²) in [6.07, 6.45) is 0. The summed E-state index contributed by atoms with van der Waals surface area (Å²) in [7, 11) is 3.99. The molecule has 0 amide bonds. The molecule has 0 saturated carbocycles. The van der Waals surface area contributed by atoms with Crippen molar-refractivity contribution in [3.05, 3.63) is 35.0 Å². The molecule has 2 rings (SSSR count). The van der Waals surface area contributed by atoms with Crippen LogP contribution in [0.3, 0.4) is 0 Å². The second kappa shape index (κ2) is 6.78. The summed E-state index contributed by atoms with van der Waals surface area (Å²) in [5.41, 5.74) is 7.58. The zero-order chi connectivity index (χ0) is 14.5. The Balaban J connectivity index is 2.19. The minimum Gasteiger partial charge on any atom is -0.375 e. The molecule has 0 unspecified atom stereocenters. The lowest BCUT2D eigenvalue weighted by atomic mass is 10.1. The van der Waals surface area contributed by atoms with Crippen LogP contribution in [0.25, 0.3) is 11.3 Å². The number of rotatable bonds is 6. The third kappa shape index (κ3) is 3.75. The van der Waals surface area contributed by atoms with Crippen LogP contribution >= 0.6 is 11.3 Å². The summed E-state index contributed by atoms with van der Waals surface area (Å²) in [5.74, 6) is -0.246. The first-order valence-electron chi connectivity index (χ1n) is 6.44. The summed E-state index contributed by atoms with van der Waals surface area (Å²) in [4.78, 5) is 7.68. The van der Waals surface area contributed by atoms with Gasteiger partial charge in [-0.3, -0.25) is 4.90 Å². The molecule has 1 heterocycles. The van der Waals surface area contributed by atoms with Crippen LogP contribution < -0.4 is 11.1 Å².